The monoisotopic (exact) mass is 559 g/mol. The molecule has 1 aromatic carbocycles. The third kappa shape index (κ3) is 5.06. The van der Waals surface area contributed by atoms with Gasteiger partial charge in [0.15, 0.2) is 10.5 Å². The molecule has 1 aromatic heterocycles. The number of carbonyl (C=O) groups excluding carboxylic acids is 1. The predicted molar refractivity (Wildman–Crippen MR) is 144 cm³/mol. The molecule has 1 saturated carbocycles. The predicted octanol–water partition coefficient (Wildman–Crippen LogP) is 3.52. The molecule has 10 nitrogen and oxygen atoms in total. The minimum Gasteiger partial charge on any atom is -0.478 e. The van der Waals surface area contributed by atoms with E-state index in [0.29, 0.717) is 25.3 Å². The number of carbonyl (C=O) groups is 1. The Labute approximate surface area is 229 Å². The average Bonchev–Trinajstić information content (AvgIpc) is 3.40. The van der Waals surface area contributed by atoms with Crippen molar-refractivity contribution < 1.29 is 32.6 Å². The summed E-state index contributed by atoms with van der Waals surface area (Å²) in [5, 5.41) is 9.48. The Hall–Kier alpha value is -2.57. The molecule has 2 aliphatic heterocycles. The molecule has 2 N–H and O–H groups in total. The van der Waals surface area contributed by atoms with Crippen LogP contribution in [0.3, 0.4) is 0 Å². The Bertz CT molecular complexity index is 1320. The second-order valence-corrected chi connectivity index (χ2v) is 13.4. The SMILES string of the molecule is CCOc1cccc(-c2ccc(C3CCN(S(=O)(=O)C4(C(=O)NO)CC5OC(C)(C)OC5C4)CC3)cc2C)n1. The summed E-state index contributed by atoms with van der Waals surface area (Å²) in [6.45, 7) is 8.63. The zero-order chi connectivity index (χ0) is 28.0. The van der Waals surface area contributed by atoms with E-state index in [1.54, 1.807) is 19.3 Å². The molecule has 0 radical (unpaired) electrons. The summed E-state index contributed by atoms with van der Waals surface area (Å²) >= 11 is 0. The number of benzene rings is 1. The van der Waals surface area contributed by atoms with Gasteiger partial charge in [-0.1, -0.05) is 24.3 Å². The summed E-state index contributed by atoms with van der Waals surface area (Å²) < 4.78 is 44.7. The van der Waals surface area contributed by atoms with Gasteiger partial charge in [0.2, 0.25) is 15.9 Å². The molecule has 0 spiro atoms. The molecule has 11 heteroatoms. The first-order chi connectivity index (χ1) is 18.5. The first-order valence-electron chi connectivity index (χ1n) is 13.5. The number of fused-ring (bicyclic) bond motifs is 1. The van der Waals surface area contributed by atoms with Crippen LogP contribution in [0, 0.1) is 6.92 Å². The molecule has 3 aliphatic rings. The van der Waals surface area contributed by atoms with E-state index in [2.05, 4.69) is 23.2 Å². The van der Waals surface area contributed by atoms with Gasteiger partial charge in [0.05, 0.1) is 24.5 Å². The number of rotatable bonds is 7. The van der Waals surface area contributed by atoms with Crippen LogP contribution >= 0.6 is 0 Å². The number of aryl methyl sites for hydroxylation is 1. The second kappa shape index (κ2) is 10.4. The molecule has 2 aromatic rings. The zero-order valence-corrected chi connectivity index (χ0v) is 23.7. The van der Waals surface area contributed by atoms with Crippen LogP contribution in [0.4, 0.5) is 0 Å². The van der Waals surface area contributed by atoms with Gasteiger partial charge < -0.3 is 14.2 Å². The number of nitrogens with one attached hydrogen (secondary N) is 1. The van der Waals surface area contributed by atoms with Gasteiger partial charge in [-0.15, -0.1) is 0 Å². The van der Waals surface area contributed by atoms with Gasteiger partial charge >= 0.3 is 0 Å². The number of nitrogens with zero attached hydrogens (tertiary/aromatic N) is 2. The van der Waals surface area contributed by atoms with Crippen LogP contribution < -0.4 is 10.2 Å². The van der Waals surface area contributed by atoms with E-state index in [1.807, 2.05) is 32.0 Å². The molecule has 39 heavy (non-hydrogen) atoms. The fourth-order valence-electron chi connectivity index (χ4n) is 6.30. The molecule has 2 unspecified atom stereocenters. The Balaban J connectivity index is 1.30. The number of piperidine rings is 1. The maximum absolute atomic E-state index is 13.9. The summed E-state index contributed by atoms with van der Waals surface area (Å²) in [5.41, 5.74) is 5.71. The first-order valence-corrected chi connectivity index (χ1v) is 14.9. The summed E-state index contributed by atoms with van der Waals surface area (Å²) in [6.07, 6.45) is 0.0633. The van der Waals surface area contributed by atoms with E-state index in [9.17, 15) is 18.4 Å². The van der Waals surface area contributed by atoms with E-state index in [-0.39, 0.29) is 31.8 Å². The largest absolute Gasteiger partial charge is 0.478 e. The number of amides is 1. The lowest BCUT2D eigenvalue weighted by Crippen LogP contribution is -2.57. The fourth-order valence-corrected chi connectivity index (χ4v) is 8.52. The molecule has 3 fully saturated rings. The summed E-state index contributed by atoms with van der Waals surface area (Å²) in [6, 6.07) is 12.0. The Morgan fingerprint density at radius 2 is 1.82 bits per heavy atom. The summed E-state index contributed by atoms with van der Waals surface area (Å²) in [5.74, 6) is -0.996. The third-order valence-electron chi connectivity index (χ3n) is 8.16. The second-order valence-electron chi connectivity index (χ2n) is 11.1. The van der Waals surface area contributed by atoms with Gasteiger partial charge in [0.1, 0.15) is 0 Å². The molecular weight excluding hydrogens is 522 g/mol. The molecular formula is C28H37N3O7S. The number of ether oxygens (including phenoxy) is 3. The highest BCUT2D eigenvalue weighted by Gasteiger charge is 2.64. The van der Waals surface area contributed by atoms with Gasteiger partial charge in [-0.2, -0.15) is 0 Å². The lowest BCUT2D eigenvalue weighted by Gasteiger charge is -2.38. The van der Waals surface area contributed by atoms with Crippen molar-refractivity contribution >= 4 is 15.9 Å². The van der Waals surface area contributed by atoms with Crippen LogP contribution in [-0.4, -0.2) is 71.3 Å². The normalized spacial score (nSPS) is 27.3. The van der Waals surface area contributed by atoms with Crippen LogP contribution in [0.15, 0.2) is 36.4 Å². The number of hydrogen-bond acceptors (Lipinski definition) is 8. The highest BCUT2D eigenvalue weighted by Crippen LogP contribution is 2.48. The maximum atomic E-state index is 13.9. The van der Waals surface area contributed by atoms with Gasteiger partial charge in [-0.3, -0.25) is 10.0 Å². The number of hydrogen-bond donors (Lipinski definition) is 2. The zero-order valence-electron chi connectivity index (χ0n) is 22.8. The molecule has 212 valence electrons. The van der Waals surface area contributed by atoms with Crippen molar-refractivity contribution in [2.45, 2.75) is 82.0 Å². The lowest BCUT2D eigenvalue weighted by atomic mass is 9.88. The van der Waals surface area contributed by atoms with Gasteiger partial charge in [0, 0.05) is 37.6 Å². The number of aromatic nitrogens is 1. The highest BCUT2D eigenvalue weighted by molar-refractivity contribution is 7.91. The molecule has 0 bridgehead atoms. The third-order valence-corrected chi connectivity index (χ3v) is 10.7. The van der Waals surface area contributed by atoms with Crippen LogP contribution in [0.1, 0.15) is 63.5 Å². The Morgan fingerprint density at radius 3 is 2.41 bits per heavy atom. The molecule has 3 heterocycles. The van der Waals surface area contributed by atoms with Crippen LogP contribution in [0.5, 0.6) is 5.88 Å². The number of pyridine rings is 1. The van der Waals surface area contributed by atoms with E-state index in [0.717, 1.165) is 22.4 Å². The smallest absolute Gasteiger partial charge is 0.266 e. The van der Waals surface area contributed by atoms with Crippen LogP contribution in [0.2, 0.25) is 0 Å². The maximum Gasteiger partial charge on any atom is 0.266 e. The number of hydroxylamine groups is 1. The fraction of sp³-hybridized carbons (Fsp3) is 0.571. The highest BCUT2D eigenvalue weighted by atomic mass is 32.2. The summed E-state index contributed by atoms with van der Waals surface area (Å²) in [4.78, 5) is 17.5. The first kappa shape index (κ1) is 28.0. The van der Waals surface area contributed by atoms with Crippen molar-refractivity contribution in [3.05, 3.63) is 47.5 Å². The molecule has 1 amide bonds. The summed E-state index contributed by atoms with van der Waals surface area (Å²) in [7, 11) is -4.10. The van der Waals surface area contributed by atoms with Crippen molar-refractivity contribution in [3.63, 3.8) is 0 Å². The molecule has 2 atom stereocenters. The quantitative estimate of drug-likeness (QED) is 0.390. The average molecular weight is 560 g/mol. The van der Waals surface area contributed by atoms with Gasteiger partial charge in [-0.05, 0) is 63.6 Å². The molecule has 5 rings (SSSR count). The van der Waals surface area contributed by atoms with Gasteiger partial charge in [-0.25, -0.2) is 23.2 Å². The molecule has 2 saturated heterocycles. The Morgan fingerprint density at radius 1 is 1.15 bits per heavy atom. The number of sulfonamides is 1. The lowest BCUT2D eigenvalue weighted by molar-refractivity contribution is -0.157. The minimum absolute atomic E-state index is 0.0606. The van der Waals surface area contributed by atoms with Gasteiger partial charge in [0.25, 0.3) is 5.91 Å². The van der Waals surface area contributed by atoms with Crippen LogP contribution in [0.25, 0.3) is 11.3 Å². The van der Waals surface area contributed by atoms with Crippen molar-refractivity contribution in [3.8, 4) is 17.1 Å². The Kier molecular flexibility index (Phi) is 7.49. The van der Waals surface area contributed by atoms with Crippen molar-refractivity contribution in [1.82, 2.24) is 14.8 Å². The van der Waals surface area contributed by atoms with Crippen molar-refractivity contribution in [2.75, 3.05) is 19.7 Å². The standard InChI is InChI=1S/C28H37N3O7S/c1-5-36-25-8-6-7-22(29-25)21-10-9-20(15-18(21)2)19-11-13-31(14-12-19)39(34,35)28(26(32)30-33)16-23-24(17-28)38-27(3,4)37-23/h6-10,15,19,23-24,33H,5,11-14,16-17H2,1-4H3,(H,30,32). The van der Waals surface area contributed by atoms with E-state index >= 15 is 0 Å². The minimum atomic E-state index is -4.10. The van der Waals surface area contributed by atoms with Crippen molar-refractivity contribution in [1.29, 1.82) is 0 Å². The van der Waals surface area contributed by atoms with Crippen molar-refractivity contribution in [2.24, 2.45) is 0 Å². The molecule has 1 aliphatic carbocycles. The van der Waals surface area contributed by atoms with E-state index in [1.165, 1.54) is 4.31 Å². The topological polar surface area (TPSA) is 127 Å². The van der Waals surface area contributed by atoms with Crippen LogP contribution in [-0.2, 0) is 24.3 Å². The van der Waals surface area contributed by atoms with E-state index < -0.39 is 38.7 Å². The van der Waals surface area contributed by atoms with E-state index in [4.69, 9.17) is 14.2 Å².